The molecule has 1 aromatic heterocycles. The van der Waals surface area contributed by atoms with E-state index in [0.717, 1.165) is 43.9 Å². The second kappa shape index (κ2) is 7.78. The van der Waals surface area contributed by atoms with Gasteiger partial charge < -0.3 is 10.2 Å². The number of nitrogens with one attached hydrogen (secondary N) is 1. The lowest BCUT2D eigenvalue weighted by Crippen LogP contribution is -2.42. The highest BCUT2D eigenvalue weighted by molar-refractivity contribution is 5.95. The Kier molecular flexibility index (Phi) is 5.48. The molecule has 1 fully saturated rings. The predicted octanol–water partition coefficient (Wildman–Crippen LogP) is 2.65. The van der Waals surface area contributed by atoms with Gasteiger partial charge >= 0.3 is 0 Å². The molecule has 6 heteroatoms. The molecular weight excluding hydrogens is 319 g/mol. The zero-order valence-electron chi connectivity index (χ0n) is 14.8. The van der Waals surface area contributed by atoms with E-state index in [0.29, 0.717) is 17.9 Å². The number of benzene rings is 1. The minimum Gasteiger partial charge on any atom is -0.338 e. The summed E-state index contributed by atoms with van der Waals surface area (Å²) in [4.78, 5) is 15.0. The van der Waals surface area contributed by atoms with Crippen LogP contribution < -0.4 is 5.32 Å². The van der Waals surface area contributed by atoms with E-state index in [2.05, 4.69) is 10.4 Å². The minimum absolute atomic E-state index is 0.0472. The molecule has 0 saturated carbocycles. The topological polar surface area (TPSA) is 50.2 Å². The normalized spacial score (nSPS) is 17.7. The van der Waals surface area contributed by atoms with Crippen LogP contribution in [0.2, 0.25) is 0 Å². The molecule has 1 aliphatic rings. The summed E-state index contributed by atoms with van der Waals surface area (Å²) in [5.74, 6) is 0.264. The zero-order valence-corrected chi connectivity index (χ0v) is 14.8. The molecule has 1 atom stereocenters. The number of piperidine rings is 1. The average Bonchev–Trinajstić information content (AvgIpc) is 3.06. The van der Waals surface area contributed by atoms with Crippen molar-refractivity contribution in [2.75, 3.05) is 26.7 Å². The third kappa shape index (κ3) is 3.74. The molecule has 1 amide bonds. The highest BCUT2D eigenvalue weighted by Crippen LogP contribution is 2.22. The van der Waals surface area contributed by atoms with Gasteiger partial charge in [0.25, 0.3) is 5.91 Å². The maximum absolute atomic E-state index is 13.2. The van der Waals surface area contributed by atoms with Crippen molar-refractivity contribution in [2.45, 2.75) is 26.2 Å². The molecule has 5 nitrogen and oxygen atoms in total. The Hall–Kier alpha value is -2.21. The number of aromatic nitrogens is 2. The second-order valence-corrected chi connectivity index (χ2v) is 6.56. The third-order valence-electron chi connectivity index (χ3n) is 4.80. The van der Waals surface area contributed by atoms with Crippen molar-refractivity contribution >= 4 is 5.91 Å². The summed E-state index contributed by atoms with van der Waals surface area (Å²) in [6.07, 6.45) is 4.52. The lowest BCUT2D eigenvalue weighted by atomic mass is 9.97. The van der Waals surface area contributed by atoms with Gasteiger partial charge in [0.2, 0.25) is 0 Å². The molecule has 2 heterocycles. The SMILES string of the molecule is CCc1c(C(=O)N2CCCC(CNC)C2)cnn1-c1ccc(F)cc1. The molecule has 0 aliphatic carbocycles. The van der Waals surface area contributed by atoms with Crippen LogP contribution in [-0.4, -0.2) is 47.3 Å². The Balaban J connectivity index is 1.84. The fourth-order valence-electron chi connectivity index (χ4n) is 3.57. The fraction of sp³-hybridized carbons (Fsp3) is 0.474. The quantitative estimate of drug-likeness (QED) is 0.907. The van der Waals surface area contributed by atoms with Gasteiger partial charge in [0.1, 0.15) is 5.82 Å². The van der Waals surface area contributed by atoms with Crippen LogP contribution in [0.25, 0.3) is 5.69 Å². The maximum Gasteiger partial charge on any atom is 0.257 e. The van der Waals surface area contributed by atoms with Crippen molar-refractivity contribution in [3.63, 3.8) is 0 Å². The van der Waals surface area contributed by atoms with Crippen molar-refractivity contribution in [1.82, 2.24) is 20.0 Å². The lowest BCUT2D eigenvalue weighted by molar-refractivity contribution is 0.0673. The van der Waals surface area contributed by atoms with Gasteiger partial charge in [-0.25, -0.2) is 9.07 Å². The van der Waals surface area contributed by atoms with E-state index in [9.17, 15) is 9.18 Å². The smallest absolute Gasteiger partial charge is 0.257 e. The van der Waals surface area contributed by atoms with Gasteiger partial charge in [-0.1, -0.05) is 6.92 Å². The summed E-state index contributed by atoms with van der Waals surface area (Å²) >= 11 is 0. The molecule has 0 radical (unpaired) electrons. The molecule has 1 N–H and O–H groups in total. The number of carbonyl (C=O) groups excluding carboxylic acids is 1. The van der Waals surface area contributed by atoms with Gasteiger partial charge in [-0.2, -0.15) is 5.10 Å². The molecule has 3 rings (SSSR count). The summed E-state index contributed by atoms with van der Waals surface area (Å²) in [7, 11) is 1.95. The summed E-state index contributed by atoms with van der Waals surface area (Å²) in [5, 5.41) is 7.60. The third-order valence-corrected chi connectivity index (χ3v) is 4.80. The highest BCUT2D eigenvalue weighted by Gasteiger charge is 2.27. The molecule has 134 valence electrons. The minimum atomic E-state index is -0.283. The molecule has 1 aliphatic heterocycles. The number of hydrogen-bond donors (Lipinski definition) is 1. The number of likely N-dealkylation sites (tertiary alicyclic amines) is 1. The van der Waals surface area contributed by atoms with Crippen molar-refractivity contribution < 1.29 is 9.18 Å². The van der Waals surface area contributed by atoms with Crippen LogP contribution in [0.1, 0.15) is 35.8 Å². The number of amides is 1. The monoisotopic (exact) mass is 344 g/mol. The number of nitrogens with zero attached hydrogens (tertiary/aromatic N) is 3. The van der Waals surface area contributed by atoms with E-state index in [1.807, 2.05) is 18.9 Å². The van der Waals surface area contributed by atoms with Crippen molar-refractivity contribution in [3.8, 4) is 5.69 Å². The van der Waals surface area contributed by atoms with E-state index in [1.54, 1.807) is 23.0 Å². The first-order chi connectivity index (χ1) is 12.1. The first kappa shape index (κ1) is 17.6. The largest absolute Gasteiger partial charge is 0.338 e. The van der Waals surface area contributed by atoms with E-state index in [1.165, 1.54) is 12.1 Å². The maximum atomic E-state index is 13.2. The summed E-state index contributed by atoms with van der Waals surface area (Å²) in [6.45, 7) is 4.52. The van der Waals surface area contributed by atoms with Crippen LogP contribution in [-0.2, 0) is 6.42 Å². The van der Waals surface area contributed by atoms with Crippen molar-refractivity contribution in [1.29, 1.82) is 0 Å². The molecule has 0 spiro atoms. The Morgan fingerprint density at radius 2 is 2.12 bits per heavy atom. The van der Waals surface area contributed by atoms with Gasteiger partial charge in [0, 0.05) is 13.1 Å². The molecular formula is C19H25FN4O. The van der Waals surface area contributed by atoms with Crippen LogP contribution >= 0.6 is 0 Å². The Morgan fingerprint density at radius 1 is 1.36 bits per heavy atom. The van der Waals surface area contributed by atoms with Gasteiger partial charge in [-0.15, -0.1) is 0 Å². The van der Waals surface area contributed by atoms with Gasteiger partial charge in [-0.3, -0.25) is 4.79 Å². The number of rotatable bonds is 5. The van der Waals surface area contributed by atoms with E-state index < -0.39 is 0 Å². The first-order valence-electron chi connectivity index (χ1n) is 8.90. The van der Waals surface area contributed by atoms with Crippen molar-refractivity contribution in [3.05, 3.63) is 47.5 Å². The van der Waals surface area contributed by atoms with Gasteiger partial charge in [0.05, 0.1) is 23.1 Å². The van der Waals surface area contributed by atoms with Crippen LogP contribution in [0.4, 0.5) is 4.39 Å². The van der Waals surface area contributed by atoms with E-state index >= 15 is 0 Å². The Morgan fingerprint density at radius 3 is 2.80 bits per heavy atom. The van der Waals surface area contributed by atoms with E-state index in [4.69, 9.17) is 0 Å². The zero-order chi connectivity index (χ0) is 17.8. The van der Waals surface area contributed by atoms with Crippen LogP contribution in [0.15, 0.2) is 30.5 Å². The molecule has 1 aromatic carbocycles. The summed E-state index contributed by atoms with van der Waals surface area (Å²) < 4.78 is 14.9. The number of halogens is 1. The van der Waals surface area contributed by atoms with Crippen LogP contribution in [0.3, 0.4) is 0 Å². The number of hydrogen-bond acceptors (Lipinski definition) is 3. The first-order valence-corrected chi connectivity index (χ1v) is 8.90. The van der Waals surface area contributed by atoms with E-state index in [-0.39, 0.29) is 11.7 Å². The molecule has 2 aromatic rings. The average molecular weight is 344 g/mol. The van der Waals surface area contributed by atoms with Crippen LogP contribution in [0.5, 0.6) is 0 Å². The summed E-state index contributed by atoms with van der Waals surface area (Å²) in [5.41, 5.74) is 2.29. The Bertz CT molecular complexity index is 724. The summed E-state index contributed by atoms with van der Waals surface area (Å²) in [6, 6.07) is 6.18. The molecule has 1 saturated heterocycles. The van der Waals surface area contributed by atoms with Crippen LogP contribution in [0, 0.1) is 11.7 Å². The lowest BCUT2D eigenvalue weighted by Gasteiger charge is -2.32. The second-order valence-electron chi connectivity index (χ2n) is 6.56. The molecule has 0 bridgehead atoms. The fourth-order valence-corrected chi connectivity index (χ4v) is 3.57. The molecule has 25 heavy (non-hydrogen) atoms. The van der Waals surface area contributed by atoms with Gasteiger partial charge in [-0.05, 0) is 63.0 Å². The highest BCUT2D eigenvalue weighted by atomic mass is 19.1. The predicted molar refractivity (Wildman–Crippen MR) is 95.5 cm³/mol. The standard InChI is InChI=1S/C19H25FN4O/c1-3-18-17(12-22-24(18)16-8-6-15(20)7-9-16)19(25)23-10-4-5-14(13-23)11-21-2/h6-9,12,14,21H,3-5,10-11,13H2,1-2H3. The Labute approximate surface area is 147 Å². The number of carbonyl (C=O) groups is 1. The molecule has 1 unspecified atom stereocenters. The van der Waals surface area contributed by atoms with Crippen molar-refractivity contribution in [2.24, 2.45) is 5.92 Å². The van der Waals surface area contributed by atoms with Gasteiger partial charge in [0.15, 0.2) is 0 Å².